The molecule has 0 N–H and O–H groups in total. The summed E-state index contributed by atoms with van der Waals surface area (Å²) >= 11 is 1.15. The van der Waals surface area contributed by atoms with Crippen LogP contribution in [0.25, 0.3) is 16.3 Å². The van der Waals surface area contributed by atoms with E-state index < -0.39 is 17.2 Å². The van der Waals surface area contributed by atoms with Crippen molar-refractivity contribution < 1.29 is 9.53 Å². The maximum atomic E-state index is 12.5. The molecule has 0 aliphatic carbocycles. The minimum Gasteiger partial charge on any atom is -0.461 e. The van der Waals surface area contributed by atoms with Crippen molar-refractivity contribution in [3.8, 4) is 16.3 Å². The van der Waals surface area contributed by atoms with Gasteiger partial charge in [-0.1, -0.05) is 18.2 Å². The smallest absolute Gasteiger partial charge is 0.357 e. The predicted octanol–water partition coefficient (Wildman–Crippen LogP) is 1.84. The van der Waals surface area contributed by atoms with Crippen LogP contribution in [0.5, 0.6) is 0 Å². The van der Waals surface area contributed by atoms with E-state index >= 15 is 0 Å². The SMILES string of the molecule is CCOC(=O)c1csc(-c2cn(-c3ccccc3)c(=O)n(C)c2=O)n1. The fraction of sp³-hybridized carbons (Fsp3) is 0.176. The lowest BCUT2D eigenvalue weighted by Crippen LogP contribution is -2.37. The summed E-state index contributed by atoms with van der Waals surface area (Å²) in [6, 6.07) is 8.97. The third kappa shape index (κ3) is 3.16. The van der Waals surface area contributed by atoms with Gasteiger partial charge >= 0.3 is 11.7 Å². The first kappa shape index (κ1) is 16.8. The molecule has 0 radical (unpaired) electrons. The molecule has 0 spiro atoms. The van der Waals surface area contributed by atoms with Crippen molar-refractivity contribution in [3.05, 3.63) is 68.4 Å². The van der Waals surface area contributed by atoms with Crippen molar-refractivity contribution in [1.82, 2.24) is 14.1 Å². The molecule has 0 unspecified atom stereocenters. The molecule has 7 nitrogen and oxygen atoms in total. The van der Waals surface area contributed by atoms with E-state index in [2.05, 4.69) is 4.98 Å². The van der Waals surface area contributed by atoms with Crippen LogP contribution >= 0.6 is 11.3 Å². The van der Waals surface area contributed by atoms with Gasteiger partial charge in [0, 0.05) is 18.6 Å². The van der Waals surface area contributed by atoms with Gasteiger partial charge in [0.15, 0.2) is 5.69 Å². The fourth-order valence-electron chi connectivity index (χ4n) is 2.29. The van der Waals surface area contributed by atoms with E-state index in [9.17, 15) is 14.4 Å². The van der Waals surface area contributed by atoms with Crippen LogP contribution in [0, 0.1) is 0 Å². The number of benzene rings is 1. The van der Waals surface area contributed by atoms with Gasteiger partial charge in [0.05, 0.1) is 17.9 Å². The second kappa shape index (κ2) is 6.86. The highest BCUT2D eigenvalue weighted by molar-refractivity contribution is 7.13. The summed E-state index contributed by atoms with van der Waals surface area (Å²) in [7, 11) is 1.41. The van der Waals surface area contributed by atoms with E-state index in [1.165, 1.54) is 23.2 Å². The molecule has 0 fully saturated rings. The molecule has 25 heavy (non-hydrogen) atoms. The van der Waals surface area contributed by atoms with Crippen LogP contribution in [0.15, 0.2) is 51.5 Å². The maximum Gasteiger partial charge on any atom is 0.357 e. The molecular formula is C17H15N3O4S. The Morgan fingerprint density at radius 2 is 1.96 bits per heavy atom. The van der Waals surface area contributed by atoms with E-state index in [1.54, 1.807) is 31.2 Å². The minimum absolute atomic E-state index is 0.140. The van der Waals surface area contributed by atoms with E-state index in [0.717, 1.165) is 15.9 Å². The molecule has 0 saturated carbocycles. The normalized spacial score (nSPS) is 10.6. The maximum absolute atomic E-state index is 12.5. The number of hydrogen-bond donors (Lipinski definition) is 0. The Balaban J connectivity index is 2.15. The zero-order valence-corrected chi connectivity index (χ0v) is 14.4. The Morgan fingerprint density at radius 1 is 1.24 bits per heavy atom. The van der Waals surface area contributed by atoms with Crippen molar-refractivity contribution >= 4 is 17.3 Å². The number of ether oxygens (including phenoxy) is 1. The average molecular weight is 357 g/mol. The zero-order chi connectivity index (χ0) is 18.0. The summed E-state index contributed by atoms with van der Waals surface area (Å²) in [6.07, 6.45) is 1.45. The first-order valence-corrected chi connectivity index (χ1v) is 8.42. The van der Waals surface area contributed by atoms with Gasteiger partial charge in [0.1, 0.15) is 5.01 Å². The molecule has 8 heteroatoms. The molecular weight excluding hydrogens is 342 g/mol. The Bertz CT molecular complexity index is 1030. The van der Waals surface area contributed by atoms with Gasteiger partial charge < -0.3 is 4.74 Å². The minimum atomic E-state index is -0.543. The molecule has 0 bridgehead atoms. The predicted molar refractivity (Wildman–Crippen MR) is 94.3 cm³/mol. The monoisotopic (exact) mass is 357 g/mol. The fourth-order valence-corrected chi connectivity index (χ4v) is 3.08. The van der Waals surface area contributed by atoms with Gasteiger partial charge in [-0.3, -0.25) is 13.9 Å². The molecule has 3 aromatic rings. The van der Waals surface area contributed by atoms with Crippen LogP contribution in [0.1, 0.15) is 17.4 Å². The summed E-state index contributed by atoms with van der Waals surface area (Å²) in [5.41, 5.74) is 0.0865. The summed E-state index contributed by atoms with van der Waals surface area (Å²) in [4.78, 5) is 40.8. The number of para-hydroxylation sites is 1. The van der Waals surface area contributed by atoms with Crippen molar-refractivity contribution in [3.63, 3.8) is 0 Å². The summed E-state index contributed by atoms with van der Waals surface area (Å²) in [6.45, 7) is 1.95. The van der Waals surface area contributed by atoms with E-state index in [0.29, 0.717) is 10.7 Å². The van der Waals surface area contributed by atoms with Gasteiger partial charge in [0.2, 0.25) is 0 Å². The molecule has 0 aliphatic rings. The van der Waals surface area contributed by atoms with Gasteiger partial charge in [-0.2, -0.15) is 0 Å². The van der Waals surface area contributed by atoms with Crippen LogP contribution in [-0.2, 0) is 11.8 Å². The third-order valence-electron chi connectivity index (χ3n) is 3.54. The molecule has 0 saturated heterocycles. The highest BCUT2D eigenvalue weighted by Gasteiger charge is 2.17. The van der Waals surface area contributed by atoms with Crippen molar-refractivity contribution in [1.29, 1.82) is 0 Å². The van der Waals surface area contributed by atoms with Crippen molar-refractivity contribution in [2.75, 3.05) is 6.61 Å². The number of thiazole rings is 1. The molecule has 1 aromatic carbocycles. The molecule has 2 heterocycles. The van der Waals surface area contributed by atoms with E-state index in [-0.39, 0.29) is 17.9 Å². The lowest BCUT2D eigenvalue weighted by Gasteiger charge is -2.09. The number of esters is 1. The van der Waals surface area contributed by atoms with Crippen LogP contribution in [-0.4, -0.2) is 26.7 Å². The molecule has 3 rings (SSSR count). The number of rotatable bonds is 4. The lowest BCUT2D eigenvalue weighted by atomic mass is 10.3. The molecule has 128 valence electrons. The first-order valence-electron chi connectivity index (χ1n) is 7.54. The van der Waals surface area contributed by atoms with E-state index in [4.69, 9.17) is 4.74 Å². The second-order valence-electron chi connectivity index (χ2n) is 5.15. The Hall–Kier alpha value is -3.00. The number of hydrogen-bond acceptors (Lipinski definition) is 6. The van der Waals surface area contributed by atoms with Crippen molar-refractivity contribution in [2.45, 2.75) is 6.92 Å². The third-order valence-corrected chi connectivity index (χ3v) is 4.42. The first-order chi connectivity index (χ1) is 12.0. The van der Waals surface area contributed by atoms with Crippen LogP contribution in [0.4, 0.5) is 0 Å². The van der Waals surface area contributed by atoms with Crippen LogP contribution in [0.3, 0.4) is 0 Å². The quantitative estimate of drug-likeness (QED) is 0.665. The Labute approximate surface area is 146 Å². The van der Waals surface area contributed by atoms with Crippen molar-refractivity contribution in [2.24, 2.45) is 7.05 Å². The Morgan fingerprint density at radius 3 is 2.64 bits per heavy atom. The highest BCUT2D eigenvalue weighted by Crippen LogP contribution is 2.21. The summed E-state index contributed by atoms with van der Waals surface area (Å²) in [5.74, 6) is -0.543. The summed E-state index contributed by atoms with van der Waals surface area (Å²) < 4.78 is 7.31. The number of aromatic nitrogens is 3. The van der Waals surface area contributed by atoms with Gasteiger partial charge in [-0.15, -0.1) is 11.3 Å². The van der Waals surface area contributed by atoms with Gasteiger partial charge in [0.25, 0.3) is 5.56 Å². The topological polar surface area (TPSA) is 83.2 Å². The molecule has 2 aromatic heterocycles. The standard InChI is InChI=1S/C17H15N3O4S/c1-3-24-16(22)13-10-25-14(18-13)12-9-20(11-7-5-4-6-8-11)17(23)19(2)15(12)21/h4-10H,3H2,1-2H3. The van der Waals surface area contributed by atoms with E-state index in [1.807, 2.05) is 6.07 Å². The molecule has 0 amide bonds. The number of carbonyl (C=O) groups is 1. The van der Waals surface area contributed by atoms with Crippen LogP contribution in [0.2, 0.25) is 0 Å². The summed E-state index contributed by atoms with van der Waals surface area (Å²) in [5, 5.41) is 1.89. The number of nitrogens with zero attached hydrogens (tertiary/aromatic N) is 3. The number of carbonyl (C=O) groups excluding carboxylic acids is 1. The van der Waals surface area contributed by atoms with Gasteiger partial charge in [-0.25, -0.2) is 14.6 Å². The highest BCUT2D eigenvalue weighted by atomic mass is 32.1. The lowest BCUT2D eigenvalue weighted by molar-refractivity contribution is 0.0520. The average Bonchev–Trinajstić information content (AvgIpc) is 3.11. The molecule has 0 aliphatic heterocycles. The van der Waals surface area contributed by atoms with Crippen LogP contribution < -0.4 is 11.2 Å². The van der Waals surface area contributed by atoms with Gasteiger partial charge in [-0.05, 0) is 19.1 Å². The second-order valence-corrected chi connectivity index (χ2v) is 6.01. The molecule has 0 atom stereocenters. The Kier molecular flexibility index (Phi) is 4.62. The largest absolute Gasteiger partial charge is 0.461 e. The zero-order valence-electron chi connectivity index (χ0n) is 13.6.